The summed E-state index contributed by atoms with van der Waals surface area (Å²) in [5, 5.41) is 2.65. The number of hydrogen-bond acceptors (Lipinski definition) is 6. The van der Waals surface area contributed by atoms with E-state index in [-0.39, 0.29) is 5.69 Å². The molecule has 1 atom stereocenters. The number of carbonyl (C=O) groups is 2. The van der Waals surface area contributed by atoms with Crippen LogP contribution in [0.15, 0.2) is 71.6 Å². The van der Waals surface area contributed by atoms with E-state index < -0.39 is 17.9 Å². The van der Waals surface area contributed by atoms with Gasteiger partial charge >= 0.3 is 5.97 Å². The van der Waals surface area contributed by atoms with Crippen LogP contribution in [0.5, 0.6) is 0 Å². The molecular weight excluding hydrogens is 372 g/mol. The van der Waals surface area contributed by atoms with Gasteiger partial charge in [0.05, 0.1) is 24.5 Å². The molecule has 2 aromatic heterocycles. The molecule has 8 heteroatoms. The summed E-state index contributed by atoms with van der Waals surface area (Å²) in [5.41, 5.74) is 2.49. The molecule has 4 aromatic rings. The average Bonchev–Trinajstić information content (AvgIpc) is 3.40. The van der Waals surface area contributed by atoms with Gasteiger partial charge in [0.1, 0.15) is 12.8 Å². The van der Waals surface area contributed by atoms with E-state index in [4.69, 9.17) is 9.15 Å². The highest BCUT2D eigenvalue weighted by molar-refractivity contribution is 5.95. The lowest BCUT2D eigenvalue weighted by atomic mass is 10.1. The number of oxazole rings is 1. The van der Waals surface area contributed by atoms with Crippen molar-refractivity contribution >= 4 is 22.9 Å². The number of imidazole rings is 1. The summed E-state index contributed by atoms with van der Waals surface area (Å²) in [5.74, 6) is -0.750. The molecule has 0 fully saturated rings. The van der Waals surface area contributed by atoms with E-state index in [0.29, 0.717) is 18.0 Å². The number of aromatic nitrogens is 3. The van der Waals surface area contributed by atoms with Crippen LogP contribution >= 0.6 is 0 Å². The van der Waals surface area contributed by atoms with E-state index in [1.807, 2.05) is 34.9 Å². The summed E-state index contributed by atoms with van der Waals surface area (Å²) in [4.78, 5) is 33.3. The number of rotatable bonds is 6. The number of fused-ring (bicyclic) bond motifs is 1. The van der Waals surface area contributed by atoms with Crippen LogP contribution in [0.25, 0.3) is 11.0 Å². The summed E-state index contributed by atoms with van der Waals surface area (Å²) in [6.45, 7) is 0.326. The summed E-state index contributed by atoms with van der Waals surface area (Å²) in [7, 11) is 1.27. The van der Waals surface area contributed by atoms with E-state index in [1.165, 1.54) is 13.4 Å². The maximum atomic E-state index is 12.6. The number of nitrogens with zero attached hydrogens (tertiary/aromatic N) is 3. The molecule has 0 aliphatic rings. The maximum absolute atomic E-state index is 12.6. The summed E-state index contributed by atoms with van der Waals surface area (Å²) < 4.78 is 12.1. The average molecular weight is 390 g/mol. The van der Waals surface area contributed by atoms with E-state index in [1.54, 1.807) is 30.6 Å². The Kier molecular flexibility index (Phi) is 5.07. The molecule has 1 amide bonds. The molecule has 0 spiro atoms. The van der Waals surface area contributed by atoms with Crippen LogP contribution in [0.2, 0.25) is 0 Å². The highest BCUT2D eigenvalue weighted by Crippen LogP contribution is 2.17. The number of hydrogen-bond donors (Lipinski definition) is 1. The largest absolute Gasteiger partial charge is 0.467 e. The Morgan fingerprint density at radius 2 is 1.90 bits per heavy atom. The minimum absolute atomic E-state index is 0.0780. The van der Waals surface area contributed by atoms with Gasteiger partial charge in [-0.3, -0.25) is 4.79 Å². The molecule has 0 radical (unpaired) electrons. The van der Waals surface area contributed by atoms with Crippen LogP contribution in [0, 0.1) is 0 Å². The predicted octanol–water partition coefficient (Wildman–Crippen LogP) is 2.72. The minimum Gasteiger partial charge on any atom is -0.467 e. The number of methoxy groups -OCH3 is 1. The molecule has 2 aromatic carbocycles. The van der Waals surface area contributed by atoms with Crippen molar-refractivity contribution < 1.29 is 18.7 Å². The SMILES string of the molecule is COC(=O)[C@@H](NC(=O)c1coc(Cn2cnc3ccccc32)n1)c1ccccc1. The zero-order chi connectivity index (χ0) is 20.2. The Hall–Kier alpha value is -3.94. The smallest absolute Gasteiger partial charge is 0.333 e. The summed E-state index contributed by atoms with van der Waals surface area (Å²) >= 11 is 0. The molecule has 0 bridgehead atoms. The quantitative estimate of drug-likeness (QED) is 0.508. The molecule has 0 unspecified atom stereocenters. The third-order valence-corrected chi connectivity index (χ3v) is 4.46. The van der Waals surface area contributed by atoms with Gasteiger partial charge in [-0.1, -0.05) is 42.5 Å². The van der Waals surface area contributed by atoms with Crippen molar-refractivity contribution in [3.05, 3.63) is 84.3 Å². The molecule has 4 rings (SSSR count). The van der Waals surface area contributed by atoms with Crippen molar-refractivity contribution in [1.82, 2.24) is 19.9 Å². The summed E-state index contributed by atoms with van der Waals surface area (Å²) in [6, 6.07) is 15.6. The molecular formula is C21H18N4O4. The minimum atomic E-state index is -0.938. The number of esters is 1. The highest BCUT2D eigenvalue weighted by Gasteiger charge is 2.25. The fourth-order valence-corrected chi connectivity index (χ4v) is 3.02. The second-order valence-electron chi connectivity index (χ2n) is 6.33. The van der Waals surface area contributed by atoms with Gasteiger partial charge in [0, 0.05) is 0 Å². The number of para-hydroxylation sites is 2. The first kappa shape index (κ1) is 18.4. The lowest BCUT2D eigenvalue weighted by Gasteiger charge is -2.15. The van der Waals surface area contributed by atoms with Gasteiger partial charge in [-0.25, -0.2) is 14.8 Å². The van der Waals surface area contributed by atoms with Crippen molar-refractivity contribution in [2.75, 3.05) is 7.11 Å². The van der Waals surface area contributed by atoms with Gasteiger partial charge in [0.25, 0.3) is 5.91 Å². The molecule has 0 saturated heterocycles. The lowest BCUT2D eigenvalue weighted by Crippen LogP contribution is -2.34. The van der Waals surface area contributed by atoms with Crippen molar-refractivity contribution in [1.29, 1.82) is 0 Å². The predicted molar refractivity (Wildman–Crippen MR) is 104 cm³/mol. The number of carbonyl (C=O) groups excluding carboxylic acids is 2. The van der Waals surface area contributed by atoms with Gasteiger partial charge in [0.2, 0.25) is 5.89 Å². The topological polar surface area (TPSA) is 99.2 Å². The van der Waals surface area contributed by atoms with Crippen LogP contribution in [-0.4, -0.2) is 33.5 Å². The standard InChI is InChI=1S/C21H18N4O4/c1-28-21(27)19(14-7-3-2-4-8-14)24-20(26)16-12-29-18(23-16)11-25-13-22-15-9-5-6-10-17(15)25/h2-10,12-13,19H,11H2,1H3,(H,24,26)/t19-/m0/s1. The van der Waals surface area contributed by atoms with E-state index >= 15 is 0 Å². The molecule has 8 nitrogen and oxygen atoms in total. The normalized spacial score (nSPS) is 11.9. The van der Waals surface area contributed by atoms with Crippen LogP contribution in [0.4, 0.5) is 0 Å². The zero-order valence-corrected chi connectivity index (χ0v) is 15.6. The van der Waals surface area contributed by atoms with Gasteiger partial charge in [-0.2, -0.15) is 0 Å². The van der Waals surface area contributed by atoms with Crippen molar-refractivity contribution in [3.8, 4) is 0 Å². The van der Waals surface area contributed by atoms with Crippen LogP contribution < -0.4 is 5.32 Å². The van der Waals surface area contributed by atoms with Crippen molar-refractivity contribution in [3.63, 3.8) is 0 Å². The fourth-order valence-electron chi connectivity index (χ4n) is 3.02. The zero-order valence-electron chi connectivity index (χ0n) is 15.6. The molecule has 146 valence electrons. The first-order chi connectivity index (χ1) is 14.2. The first-order valence-electron chi connectivity index (χ1n) is 8.93. The third kappa shape index (κ3) is 3.86. The lowest BCUT2D eigenvalue weighted by molar-refractivity contribution is -0.143. The molecule has 0 aliphatic carbocycles. The van der Waals surface area contributed by atoms with E-state index in [2.05, 4.69) is 15.3 Å². The van der Waals surface area contributed by atoms with Crippen LogP contribution in [0.3, 0.4) is 0 Å². The van der Waals surface area contributed by atoms with Crippen molar-refractivity contribution in [2.45, 2.75) is 12.6 Å². The van der Waals surface area contributed by atoms with E-state index in [9.17, 15) is 9.59 Å². The van der Waals surface area contributed by atoms with E-state index in [0.717, 1.165) is 11.0 Å². The fraction of sp³-hybridized carbons (Fsp3) is 0.143. The number of nitrogens with one attached hydrogen (secondary N) is 1. The maximum Gasteiger partial charge on any atom is 0.333 e. The molecule has 29 heavy (non-hydrogen) atoms. The monoisotopic (exact) mass is 390 g/mol. The van der Waals surface area contributed by atoms with Gasteiger partial charge in [-0.15, -0.1) is 0 Å². The molecule has 2 heterocycles. The van der Waals surface area contributed by atoms with Crippen LogP contribution in [-0.2, 0) is 16.1 Å². The Balaban J connectivity index is 1.51. The second kappa shape index (κ2) is 7.97. The first-order valence-corrected chi connectivity index (χ1v) is 8.93. The second-order valence-corrected chi connectivity index (χ2v) is 6.33. The summed E-state index contributed by atoms with van der Waals surface area (Å²) in [6.07, 6.45) is 2.96. The van der Waals surface area contributed by atoms with Gasteiger partial charge in [-0.05, 0) is 17.7 Å². The van der Waals surface area contributed by atoms with Gasteiger partial charge in [0.15, 0.2) is 11.7 Å². The Bertz CT molecular complexity index is 1150. The Morgan fingerprint density at radius 1 is 1.14 bits per heavy atom. The van der Waals surface area contributed by atoms with Crippen molar-refractivity contribution in [2.24, 2.45) is 0 Å². The molecule has 0 saturated carbocycles. The number of amides is 1. The number of ether oxygens (including phenoxy) is 1. The third-order valence-electron chi connectivity index (χ3n) is 4.46. The Labute approximate surface area is 166 Å². The highest BCUT2D eigenvalue weighted by atomic mass is 16.5. The Morgan fingerprint density at radius 3 is 2.69 bits per heavy atom. The van der Waals surface area contributed by atoms with Crippen LogP contribution in [0.1, 0.15) is 28.0 Å². The molecule has 1 N–H and O–H groups in total. The number of benzene rings is 2. The van der Waals surface area contributed by atoms with Gasteiger partial charge < -0.3 is 19.0 Å². The molecule has 0 aliphatic heterocycles.